The minimum Gasteiger partial charge on any atom is -0.480 e. The molecule has 1 aliphatic rings. The zero-order valence-corrected chi connectivity index (χ0v) is 15.0. The molecule has 6 heteroatoms. The number of nitrogens with one attached hydrogen (secondary N) is 2. The summed E-state index contributed by atoms with van der Waals surface area (Å²) in [6.07, 6.45) is 1.07. The molecular formula is C21H22N2O4. The van der Waals surface area contributed by atoms with Crippen molar-refractivity contribution in [3.05, 3.63) is 65.7 Å². The molecule has 3 unspecified atom stereocenters. The molecule has 6 nitrogen and oxygen atoms in total. The maximum atomic E-state index is 12.5. The van der Waals surface area contributed by atoms with E-state index in [1.807, 2.05) is 37.3 Å². The standard InChI is InChI=1S/C21H22N2O4/c1-13-10-17(13)20(25)22-16-9-5-8-15(12-16)19(24)23-18(21(26)27)11-14-6-3-2-4-7-14/h2-9,12-13,17-18H,10-11H2,1H3,(H,22,25)(H,23,24)(H,26,27). The molecule has 27 heavy (non-hydrogen) atoms. The summed E-state index contributed by atoms with van der Waals surface area (Å²) in [5.41, 5.74) is 1.66. The van der Waals surface area contributed by atoms with Gasteiger partial charge in [0.05, 0.1) is 0 Å². The fraction of sp³-hybridized carbons (Fsp3) is 0.286. The van der Waals surface area contributed by atoms with E-state index in [2.05, 4.69) is 10.6 Å². The van der Waals surface area contributed by atoms with Gasteiger partial charge in [0.25, 0.3) is 5.91 Å². The molecule has 3 atom stereocenters. The van der Waals surface area contributed by atoms with Gasteiger partial charge in [0.2, 0.25) is 5.91 Å². The monoisotopic (exact) mass is 366 g/mol. The van der Waals surface area contributed by atoms with Crippen LogP contribution in [0.15, 0.2) is 54.6 Å². The van der Waals surface area contributed by atoms with E-state index < -0.39 is 17.9 Å². The van der Waals surface area contributed by atoms with Crippen molar-refractivity contribution in [1.82, 2.24) is 5.32 Å². The van der Waals surface area contributed by atoms with Gasteiger partial charge in [-0.15, -0.1) is 0 Å². The molecule has 0 spiro atoms. The molecule has 0 saturated heterocycles. The quantitative estimate of drug-likeness (QED) is 0.702. The van der Waals surface area contributed by atoms with E-state index in [0.29, 0.717) is 17.2 Å². The highest BCUT2D eigenvalue weighted by Gasteiger charge is 2.39. The smallest absolute Gasteiger partial charge is 0.326 e. The third-order valence-corrected chi connectivity index (χ3v) is 4.72. The Hall–Kier alpha value is -3.15. The second kappa shape index (κ2) is 8.03. The number of amides is 2. The Bertz CT molecular complexity index is 850. The number of aliphatic carboxylic acids is 1. The van der Waals surface area contributed by atoms with Crippen LogP contribution in [0.2, 0.25) is 0 Å². The van der Waals surface area contributed by atoms with E-state index in [9.17, 15) is 19.5 Å². The van der Waals surface area contributed by atoms with Gasteiger partial charge in [0.1, 0.15) is 6.04 Å². The molecule has 1 saturated carbocycles. The number of rotatable bonds is 7. The average Bonchev–Trinajstić information content (AvgIpc) is 3.39. The molecular weight excluding hydrogens is 344 g/mol. The normalized spacial score (nSPS) is 19.0. The van der Waals surface area contributed by atoms with Gasteiger partial charge in [-0.1, -0.05) is 43.3 Å². The van der Waals surface area contributed by atoms with Crippen LogP contribution in [0.4, 0.5) is 5.69 Å². The summed E-state index contributed by atoms with van der Waals surface area (Å²) in [4.78, 5) is 36.1. The second-order valence-electron chi connectivity index (χ2n) is 6.94. The van der Waals surface area contributed by atoms with Crippen LogP contribution in [0.25, 0.3) is 0 Å². The molecule has 1 aliphatic carbocycles. The highest BCUT2D eigenvalue weighted by Crippen LogP contribution is 2.38. The first kappa shape index (κ1) is 18.6. The molecule has 0 aliphatic heterocycles. The number of hydrogen-bond donors (Lipinski definition) is 3. The van der Waals surface area contributed by atoms with Crippen molar-refractivity contribution in [3.8, 4) is 0 Å². The van der Waals surface area contributed by atoms with Crippen molar-refractivity contribution < 1.29 is 19.5 Å². The zero-order valence-electron chi connectivity index (χ0n) is 15.0. The van der Waals surface area contributed by atoms with E-state index >= 15 is 0 Å². The number of carboxylic acids is 1. The molecule has 3 N–H and O–H groups in total. The Labute approximate surface area is 157 Å². The van der Waals surface area contributed by atoms with Crippen LogP contribution in [0, 0.1) is 11.8 Å². The first-order valence-corrected chi connectivity index (χ1v) is 8.92. The first-order valence-electron chi connectivity index (χ1n) is 8.92. The molecule has 140 valence electrons. The van der Waals surface area contributed by atoms with Crippen molar-refractivity contribution in [2.45, 2.75) is 25.8 Å². The van der Waals surface area contributed by atoms with E-state index in [1.54, 1.807) is 24.3 Å². The van der Waals surface area contributed by atoms with Gasteiger partial charge in [-0.2, -0.15) is 0 Å². The summed E-state index contributed by atoms with van der Waals surface area (Å²) in [5.74, 6) is -1.21. The van der Waals surface area contributed by atoms with Gasteiger partial charge in [-0.05, 0) is 36.1 Å². The molecule has 0 aromatic heterocycles. The second-order valence-corrected chi connectivity index (χ2v) is 6.94. The van der Waals surface area contributed by atoms with Crippen LogP contribution >= 0.6 is 0 Å². The highest BCUT2D eigenvalue weighted by molar-refractivity contribution is 5.99. The van der Waals surface area contributed by atoms with Crippen LogP contribution in [0.1, 0.15) is 29.3 Å². The Morgan fingerprint density at radius 1 is 1.11 bits per heavy atom. The molecule has 3 rings (SSSR count). The largest absolute Gasteiger partial charge is 0.480 e. The van der Waals surface area contributed by atoms with Crippen LogP contribution in [0.3, 0.4) is 0 Å². The van der Waals surface area contributed by atoms with E-state index in [0.717, 1.165) is 12.0 Å². The molecule has 2 aromatic rings. The van der Waals surface area contributed by atoms with Crippen molar-refractivity contribution in [3.63, 3.8) is 0 Å². The average molecular weight is 366 g/mol. The third-order valence-electron chi connectivity index (χ3n) is 4.72. The van der Waals surface area contributed by atoms with Gasteiger partial charge < -0.3 is 15.7 Å². The lowest BCUT2D eigenvalue weighted by atomic mass is 10.1. The van der Waals surface area contributed by atoms with Crippen molar-refractivity contribution in [2.24, 2.45) is 11.8 Å². The van der Waals surface area contributed by atoms with Crippen molar-refractivity contribution >= 4 is 23.5 Å². The number of carbonyl (C=O) groups is 3. The van der Waals surface area contributed by atoms with Crippen LogP contribution in [0.5, 0.6) is 0 Å². The predicted molar refractivity (Wildman–Crippen MR) is 101 cm³/mol. The number of anilines is 1. The summed E-state index contributed by atoms with van der Waals surface area (Å²) in [5, 5.41) is 14.8. The summed E-state index contributed by atoms with van der Waals surface area (Å²) in [6, 6.07) is 14.6. The Morgan fingerprint density at radius 3 is 2.44 bits per heavy atom. The van der Waals surface area contributed by atoms with Crippen LogP contribution in [-0.2, 0) is 16.0 Å². The Morgan fingerprint density at radius 2 is 1.81 bits per heavy atom. The maximum absolute atomic E-state index is 12.5. The molecule has 0 radical (unpaired) electrons. The molecule has 0 heterocycles. The molecule has 1 fully saturated rings. The highest BCUT2D eigenvalue weighted by atomic mass is 16.4. The number of benzene rings is 2. The van der Waals surface area contributed by atoms with E-state index in [-0.39, 0.29) is 18.2 Å². The number of hydrogen-bond acceptors (Lipinski definition) is 3. The van der Waals surface area contributed by atoms with Crippen LogP contribution < -0.4 is 10.6 Å². The van der Waals surface area contributed by atoms with E-state index in [1.165, 1.54) is 0 Å². The van der Waals surface area contributed by atoms with Gasteiger partial charge in [0.15, 0.2) is 0 Å². The lowest BCUT2D eigenvalue weighted by Gasteiger charge is -2.15. The molecule has 2 aromatic carbocycles. The fourth-order valence-corrected chi connectivity index (χ4v) is 2.95. The minimum atomic E-state index is -1.10. The minimum absolute atomic E-state index is 0.0322. The van der Waals surface area contributed by atoms with Crippen LogP contribution in [-0.4, -0.2) is 28.9 Å². The van der Waals surface area contributed by atoms with Gasteiger partial charge in [0, 0.05) is 23.6 Å². The van der Waals surface area contributed by atoms with E-state index in [4.69, 9.17) is 0 Å². The number of carbonyl (C=O) groups excluding carboxylic acids is 2. The topological polar surface area (TPSA) is 95.5 Å². The van der Waals surface area contributed by atoms with Crippen molar-refractivity contribution in [2.75, 3.05) is 5.32 Å². The van der Waals surface area contributed by atoms with Crippen molar-refractivity contribution in [1.29, 1.82) is 0 Å². The van der Waals surface area contributed by atoms with Gasteiger partial charge in [-0.25, -0.2) is 4.79 Å². The summed E-state index contributed by atoms with van der Waals surface area (Å²) in [6.45, 7) is 2.02. The first-order chi connectivity index (χ1) is 12.9. The molecule has 0 bridgehead atoms. The fourth-order valence-electron chi connectivity index (χ4n) is 2.95. The Balaban J connectivity index is 1.66. The summed E-state index contributed by atoms with van der Waals surface area (Å²) >= 11 is 0. The Kier molecular flexibility index (Phi) is 5.54. The summed E-state index contributed by atoms with van der Waals surface area (Å²) in [7, 11) is 0. The predicted octanol–water partition coefficient (Wildman–Crippen LogP) is 2.71. The van der Waals surface area contributed by atoms with Gasteiger partial charge in [-0.3, -0.25) is 9.59 Å². The molecule has 2 amide bonds. The zero-order chi connectivity index (χ0) is 19.4. The SMILES string of the molecule is CC1CC1C(=O)Nc1cccc(C(=O)NC(Cc2ccccc2)C(=O)O)c1. The third kappa shape index (κ3) is 4.94. The van der Waals surface area contributed by atoms with Gasteiger partial charge >= 0.3 is 5.97 Å². The lowest BCUT2D eigenvalue weighted by Crippen LogP contribution is -2.42. The number of carboxylic acid groups (broad SMARTS) is 1. The lowest BCUT2D eigenvalue weighted by molar-refractivity contribution is -0.139. The summed E-state index contributed by atoms with van der Waals surface area (Å²) < 4.78 is 0. The maximum Gasteiger partial charge on any atom is 0.326 e.